The average molecular weight is 215 g/mol. The average Bonchev–Trinajstić information content (AvgIpc) is 2.81. The van der Waals surface area contributed by atoms with Crippen molar-refractivity contribution < 1.29 is 9.13 Å². The third-order valence-corrected chi connectivity index (χ3v) is 2.93. The summed E-state index contributed by atoms with van der Waals surface area (Å²) in [5, 5.41) is 0.512. The molecule has 2 atom stereocenters. The smallest absolute Gasteiger partial charge is 0.127 e. The Kier molecular flexibility index (Phi) is 2.75. The molecule has 1 saturated heterocycles. The molecule has 0 amide bonds. The van der Waals surface area contributed by atoms with Crippen molar-refractivity contribution >= 4 is 11.6 Å². The van der Waals surface area contributed by atoms with Crippen LogP contribution in [0, 0.1) is 5.82 Å². The lowest BCUT2D eigenvalue weighted by atomic mass is 10.1. The molecule has 76 valence electrons. The van der Waals surface area contributed by atoms with E-state index in [-0.39, 0.29) is 5.82 Å². The maximum atomic E-state index is 13.3. The van der Waals surface area contributed by atoms with Crippen LogP contribution in [0.5, 0.6) is 0 Å². The number of ether oxygens (including phenoxy) is 1. The number of halogens is 2. The van der Waals surface area contributed by atoms with Crippen LogP contribution in [0.2, 0.25) is 5.02 Å². The lowest BCUT2D eigenvalue weighted by molar-refractivity contribution is 0.370. The van der Waals surface area contributed by atoms with Gasteiger partial charge in [-0.3, -0.25) is 0 Å². The molecule has 14 heavy (non-hydrogen) atoms. The summed E-state index contributed by atoms with van der Waals surface area (Å²) in [5.74, 6) is -0.217. The Hall–Kier alpha value is -0.600. The molecule has 1 heterocycles. The van der Waals surface area contributed by atoms with Crippen LogP contribution in [0.1, 0.15) is 18.9 Å². The first-order valence-electron chi connectivity index (χ1n) is 4.77. The van der Waals surface area contributed by atoms with E-state index < -0.39 is 0 Å². The molecule has 3 heteroatoms. The third-order valence-electron chi connectivity index (χ3n) is 2.58. The van der Waals surface area contributed by atoms with Gasteiger partial charge in [0.05, 0.1) is 12.2 Å². The minimum absolute atomic E-state index is 0.217. The van der Waals surface area contributed by atoms with E-state index in [4.69, 9.17) is 16.3 Å². The van der Waals surface area contributed by atoms with Crippen LogP contribution in [0.15, 0.2) is 18.2 Å². The summed E-state index contributed by atoms with van der Waals surface area (Å²) in [7, 11) is 0. The number of benzene rings is 1. The van der Waals surface area contributed by atoms with Crippen molar-refractivity contribution in [1.82, 2.24) is 0 Å². The fraction of sp³-hybridized carbons (Fsp3) is 0.455. The Morgan fingerprint density at radius 2 is 2.21 bits per heavy atom. The van der Waals surface area contributed by atoms with Crippen LogP contribution in [-0.2, 0) is 11.2 Å². The van der Waals surface area contributed by atoms with E-state index in [0.29, 0.717) is 29.2 Å². The van der Waals surface area contributed by atoms with E-state index in [0.717, 1.165) is 6.42 Å². The Morgan fingerprint density at radius 3 is 2.79 bits per heavy atom. The Bertz CT molecular complexity index is 320. The van der Waals surface area contributed by atoms with Gasteiger partial charge in [0.25, 0.3) is 0 Å². The molecule has 1 aliphatic heterocycles. The van der Waals surface area contributed by atoms with Gasteiger partial charge in [0.1, 0.15) is 5.82 Å². The standard InChI is InChI=1S/C11H12ClFO/c1-7-11(14-7)6-5-8-9(12)3-2-4-10(8)13/h2-4,7,11H,5-6H2,1H3. The first-order valence-corrected chi connectivity index (χ1v) is 5.14. The van der Waals surface area contributed by atoms with E-state index in [1.807, 2.05) is 6.92 Å². The van der Waals surface area contributed by atoms with Crippen molar-refractivity contribution in [3.05, 3.63) is 34.6 Å². The highest BCUT2D eigenvalue weighted by Gasteiger charge is 2.33. The van der Waals surface area contributed by atoms with Crippen molar-refractivity contribution in [3.63, 3.8) is 0 Å². The molecule has 2 rings (SSSR count). The van der Waals surface area contributed by atoms with E-state index >= 15 is 0 Å². The van der Waals surface area contributed by atoms with Gasteiger partial charge in [-0.1, -0.05) is 17.7 Å². The molecule has 1 nitrogen and oxygen atoms in total. The maximum absolute atomic E-state index is 13.3. The summed E-state index contributed by atoms with van der Waals surface area (Å²) in [6.45, 7) is 2.02. The minimum Gasteiger partial charge on any atom is -0.370 e. The van der Waals surface area contributed by atoms with Gasteiger partial charge in [-0.15, -0.1) is 0 Å². The topological polar surface area (TPSA) is 12.5 Å². The number of rotatable bonds is 3. The van der Waals surface area contributed by atoms with Crippen molar-refractivity contribution in [2.24, 2.45) is 0 Å². The van der Waals surface area contributed by atoms with E-state index in [1.54, 1.807) is 12.1 Å². The normalized spacial score (nSPS) is 25.1. The van der Waals surface area contributed by atoms with Crippen LogP contribution in [0.3, 0.4) is 0 Å². The lowest BCUT2D eigenvalue weighted by Crippen LogP contribution is -1.97. The molecule has 0 bridgehead atoms. The van der Waals surface area contributed by atoms with Crippen LogP contribution in [0.25, 0.3) is 0 Å². The van der Waals surface area contributed by atoms with E-state index in [9.17, 15) is 4.39 Å². The van der Waals surface area contributed by atoms with Crippen LogP contribution >= 0.6 is 11.6 Å². The first-order chi connectivity index (χ1) is 6.68. The largest absolute Gasteiger partial charge is 0.370 e. The molecule has 1 aromatic carbocycles. The molecule has 0 saturated carbocycles. The molecule has 0 N–H and O–H groups in total. The first kappa shape index (κ1) is 9.94. The predicted octanol–water partition coefficient (Wildman–Crippen LogP) is 3.20. The summed E-state index contributed by atoms with van der Waals surface area (Å²) in [6.07, 6.45) is 2.13. The van der Waals surface area contributed by atoms with Crippen molar-refractivity contribution in [1.29, 1.82) is 0 Å². The van der Waals surface area contributed by atoms with Crippen molar-refractivity contribution in [2.45, 2.75) is 32.0 Å². The molecular weight excluding hydrogens is 203 g/mol. The van der Waals surface area contributed by atoms with Gasteiger partial charge >= 0.3 is 0 Å². The van der Waals surface area contributed by atoms with Crippen molar-refractivity contribution in [3.8, 4) is 0 Å². The fourth-order valence-corrected chi connectivity index (χ4v) is 1.85. The number of epoxide rings is 1. The van der Waals surface area contributed by atoms with Gasteiger partial charge in [-0.05, 0) is 31.9 Å². The molecule has 0 spiro atoms. The van der Waals surface area contributed by atoms with Crippen LogP contribution in [-0.4, -0.2) is 12.2 Å². The molecule has 1 aromatic rings. The van der Waals surface area contributed by atoms with Gasteiger partial charge in [0.15, 0.2) is 0 Å². The SMILES string of the molecule is CC1OC1CCc1c(F)cccc1Cl. The van der Waals surface area contributed by atoms with Crippen LogP contribution in [0.4, 0.5) is 4.39 Å². The highest BCUT2D eigenvalue weighted by Crippen LogP contribution is 2.28. The van der Waals surface area contributed by atoms with Crippen LogP contribution < -0.4 is 0 Å². The molecule has 0 aliphatic carbocycles. The van der Waals surface area contributed by atoms with Gasteiger partial charge in [0, 0.05) is 10.6 Å². The number of hydrogen-bond donors (Lipinski definition) is 0. The zero-order chi connectivity index (χ0) is 10.1. The third kappa shape index (κ3) is 2.07. The molecule has 1 fully saturated rings. The Morgan fingerprint density at radius 1 is 1.50 bits per heavy atom. The van der Waals surface area contributed by atoms with E-state index in [1.165, 1.54) is 6.07 Å². The molecule has 0 aromatic heterocycles. The lowest BCUT2D eigenvalue weighted by Gasteiger charge is -2.03. The molecular formula is C11H12ClFO. The second kappa shape index (κ2) is 3.87. The summed E-state index contributed by atoms with van der Waals surface area (Å²) in [5.41, 5.74) is 0.608. The number of hydrogen-bond acceptors (Lipinski definition) is 1. The summed E-state index contributed by atoms with van der Waals surface area (Å²) in [6, 6.07) is 4.78. The second-order valence-corrected chi connectivity index (χ2v) is 4.03. The van der Waals surface area contributed by atoms with E-state index in [2.05, 4.69) is 0 Å². The molecule has 0 radical (unpaired) electrons. The van der Waals surface area contributed by atoms with Gasteiger partial charge < -0.3 is 4.74 Å². The van der Waals surface area contributed by atoms with Gasteiger partial charge in [-0.2, -0.15) is 0 Å². The van der Waals surface area contributed by atoms with Gasteiger partial charge in [-0.25, -0.2) is 4.39 Å². The fourth-order valence-electron chi connectivity index (χ4n) is 1.59. The predicted molar refractivity (Wildman–Crippen MR) is 54.1 cm³/mol. The summed E-state index contributed by atoms with van der Waals surface area (Å²) < 4.78 is 18.5. The zero-order valence-electron chi connectivity index (χ0n) is 7.97. The second-order valence-electron chi connectivity index (χ2n) is 3.62. The quantitative estimate of drug-likeness (QED) is 0.704. The highest BCUT2D eigenvalue weighted by atomic mass is 35.5. The Balaban J connectivity index is 2.01. The summed E-state index contributed by atoms with van der Waals surface area (Å²) in [4.78, 5) is 0. The maximum Gasteiger partial charge on any atom is 0.127 e. The zero-order valence-corrected chi connectivity index (χ0v) is 8.72. The molecule has 1 aliphatic rings. The van der Waals surface area contributed by atoms with Gasteiger partial charge in [0.2, 0.25) is 0 Å². The summed E-state index contributed by atoms with van der Waals surface area (Å²) >= 11 is 5.89. The minimum atomic E-state index is -0.217. The highest BCUT2D eigenvalue weighted by molar-refractivity contribution is 6.31. The molecule has 2 unspecified atom stereocenters. The Labute approximate surface area is 87.8 Å². The monoisotopic (exact) mass is 214 g/mol. The van der Waals surface area contributed by atoms with Crippen molar-refractivity contribution in [2.75, 3.05) is 0 Å².